The van der Waals surface area contributed by atoms with Crippen LogP contribution in [0, 0.1) is 11.8 Å². The van der Waals surface area contributed by atoms with E-state index in [2.05, 4.69) is 33.0 Å². The maximum atomic E-state index is 5.37. The minimum Gasteiger partial charge on any atom is -0.382 e. The lowest BCUT2D eigenvalue weighted by Gasteiger charge is -2.19. The van der Waals surface area contributed by atoms with Crippen molar-refractivity contribution in [3.63, 3.8) is 0 Å². The van der Waals surface area contributed by atoms with Gasteiger partial charge in [-0.3, -0.25) is 0 Å². The van der Waals surface area contributed by atoms with Gasteiger partial charge >= 0.3 is 0 Å². The zero-order chi connectivity index (χ0) is 11.5. The summed E-state index contributed by atoms with van der Waals surface area (Å²) in [6, 6.07) is 0. The van der Waals surface area contributed by atoms with Gasteiger partial charge in [0.1, 0.15) is 0 Å². The van der Waals surface area contributed by atoms with E-state index in [1.807, 2.05) is 0 Å². The minimum absolute atomic E-state index is 0.806. The molecule has 2 heteroatoms. The fourth-order valence-corrected chi connectivity index (χ4v) is 1.94. The highest BCUT2D eigenvalue weighted by atomic mass is 16.5. The molecule has 1 unspecified atom stereocenters. The predicted molar refractivity (Wildman–Crippen MR) is 67.2 cm³/mol. The topological polar surface area (TPSA) is 21.3 Å². The van der Waals surface area contributed by atoms with Gasteiger partial charge in [-0.1, -0.05) is 20.8 Å². The maximum absolute atomic E-state index is 5.37. The van der Waals surface area contributed by atoms with E-state index in [1.54, 1.807) is 0 Å². The molecule has 0 aliphatic rings. The second-order valence-corrected chi connectivity index (χ2v) is 4.64. The van der Waals surface area contributed by atoms with E-state index in [0.717, 1.165) is 31.6 Å². The average Bonchev–Trinajstić information content (AvgIpc) is 2.19. The van der Waals surface area contributed by atoms with Crippen LogP contribution in [0.3, 0.4) is 0 Å². The number of hydrogen-bond acceptors (Lipinski definition) is 2. The van der Waals surface area contributed by atoms with Crippen LogP contribution >= 0.6 is 0 Å². The van der Waals surface area contributed by atoms with Crippen LogP contribution in [0.4, 0.5) is 0 Å². The standard InChI is InChI=1S/C13H29NO/c1-5-14-11-13(10-12(3)4)8-7-9-15-6-2/h12-14H,5-11H2,1-4H3. The van der Waals surface area contributed by atoms with Gasteiger partial charge in [-0.2, -0.15) is 0 Å². The van der Waals surface area contributed by atoms with Gasteiger partial charge in [0.2, 0.25) is 0 Å². The monoisotopic (exact) mass is 215 g/mol. The molecule has 0 aromatic rings. The van der Waals surface area contributed by atoms with Crippen molar-refractivity contribution in [2.24, 2.45) is 11.8 Å². The molecule has 0 rings (SSSR count). The molecule has 0 radical (unpaired) electrons. The SMILES string of the molecule is CCNCC(CCCOCC)CC(C)C. The first-order valence-electron chi connectivity index (χ1n) is 6.49. The van der Waals surface area contributed by atoms with E-state index in [1.165, 1.54) is 25.8 Å². The summed E-state index contributed by atoms with van der Waals surface area (Å²) in [5.74, 6) is 1.63. The number of nitrogens with one attached hydrogen (secondary N) is 1. The summed E-state index contributed by atoms with van der Waals surface area (Å²) in [6.45, 7) is 12.9. The Morgan fingerprint density at radius 2 is 1.93 bits per heavy atom. The van der Waals surface area contributed by atoms with Crippen LogP contribution in [0.2, 0.25) is 0 Å². The smallest absolute Gasteiger partial charge is 0.0466 e. The van der Waals surface area contributed by atoms with Gasteiger partial charge in [-0.05, 0) is 51.1 Å². The van der Waals surface area contributed by atoms with Crippen molar-refractivity contribution in [3.05, 3.63) is 0 Å². The third kappa shape index (κ3) is 10.2. The molecule has 0 amide bonds. The Morgan fingerprint density at radius 3 is 2.47 bits per heavy atom. The van der Waals surface area contributed by atoms with Gasteiger partial charge in [0.15, 0.2) is 0 Å². The molecular weight excluding hydrogens is 186 g/mol. The first-order valence-corrected chi connectivity index (χ1v) is 6.49. The molecule has 0 saturated carbocycles. The zero-order valence-electron chi connectivity index (χ0n) is 11.0. The lowest BCUT2D eigenvalue weighted by atomic mass is 9.93. The molecule has 92 valence electrons. The normalized spacial score (nSPS) is 13.4. The quantitative estimate of drug-likeness (QED) is 0.565. The van der Waals surface area contributed by atoms with Crippen LogP contribution < -0.4 is 5.32 Å². The Balaban J connectivity index is 3.59. The second kappa shape index (κ2) is 10.4. The summed E-state index contributed by atoms with van der Waals surface area (Å²) < 4.78 is 5.37. The van der Waals surface area contributed by atoms with E-state index in [9.17, 15) is 0 Å². The molecule has 0 heterocycles. The Bertz CT molecular complexity index is 126. The van der Waals surface area contributed by atoms with Gasteiger partial charge in [-0.15, -0.1) is 0 Å². The third-order valence-electron chi connectivity index (χ3n) is 2.59. The molecule has 0 aliphatic carbocycles. The molecule has 2 nitrogen and oxygen atoms in total. The van der Waals surface area contributed by atoms with Crippen LogP contribution in [0.25, 0.3) is 0 Å². The van der Waals surface area contributed by atoms with Crippen molar-refractivity contribution in [2.45, 2.75) is 47.0 Å². The Morgan fingerprint density at radius 1 is 1.20 bits per heavy atom. The van der Waals surface area contributed by atoms with Crippen molar-refractivity contribution in [1.29, 1.82) is 0 Å². The first-order chi connectivity index (χ1) is 7.20. The van der Waals surface area contributed by atoms with Crippen LogP contribution in [0.15, 0.2) is 0 Å². The molecule has 0 bridgehead atoms. The molecule has 0 saturated heterocycles. The molecule has 1 atom stereocenters. The van der Waals surface area contributed by atoms with Crippen LogP contribution in [0.5, 0.6) is 0 Å². The Kier molecular flexibility index (Phi) is 10.4. The zero-order valence-corrected chi connectivity index (χ0v) is 11.0. The largest absolute Gasteiger partial charge is 0.382 e. The highest BCUT2D eigenvalue weighted by Crippen LogP contribution is 2.16. The Labute approximate surface area is 95.8 Å². The van der Waals surface area contributed by atoms with Gasteiger partial charge in [0, 0.05) is 13.2 Å². The molecule has 0 aliphatic heterocycles. The van der Waals surface area contributed by atoms with Crippen LogP contribution in [-0.4, -0.2) is 26.3 Å². The average molecular weight is 215 g/mol. The van der Waals surface area contributed by atoms with E-state index >= 15 is 0 Å². The van der Waals surface area contributed by atoms with Gasteiger partial charge < -0.3 is 10.1 Å². The highest BCUT2D eigenvalue weighted by molar-refractivity contribution is 4.64. The summed E-state index contributed by atoms with van der Waals surface area (Å²) in [4.78, 5) is 0. The minimum atomic E-state index is 0.806. The lowest BCUT2D eigenvalue weighted by molar-refractivity contribution is 0.138. The lowest BCUT2D eigenvalue weighted by Crippen LogP contribution is -2.24. The van der Waals surface area contributed by atoms with Crippen molar-refractivity contribution in [2.75, 3.05) is 26.3 Å². The van der Waals surface area contributed by atoms with E-state index in [0.29, 0.717) is 0 Å². The molecule has 1 N–H and O–H groups in total. The second-order valence-electron chi connectivity index (χ2n) is 4.64. The summed E-state index contributed by atoms with van der Waals surface area (Å²) in [6.07, 6.45) is 3.83. The number of ether oxygens (including phenoxy) is 1. The summed E-state index contributed by atoms with van der Waals surface area (Å²) in [5.41, 5.74) is 0. The van der Waals surface area contributed by atoms with Gasteiger partial charge in [-0.25, -0.2) is 0 Å². The molecule has 0 aromatic heterocycles. The summed E-state index contributed by atoms with van der Waals surface area (Å²) in [5, 5.41) is 3.45. The van der Waals surface area contributed by atoms with Crippen LogP contribution in [0.1, 0.15) is 47.0 Å². The third-order valence-corrected chi connectivity index (χ3v) is 2.59. The predicted octanol–water partition coefficient (Wildman–Crippen LogP) is 3.07. The first kappa shape index (κ1) is 14.9. The highest BCUT2D eigenvalue weighted by Gasteiger charge is 2.09. The van der Waals surface area contributed by atoms with Crippen molar-refractivity contribution < 1.29 is 4.74 Å². The van der Waals surface area contributed by atoms with Gasteiger partial charge in [0.25, 0.3) is 0 Å². The fraction of sp³-hybridized carbons (Fsp3) is 1.00. The van der Waals surface area contributed by atoms with Crippen molar-refractivity contribution in [1.82, 2.24) is 5.32 Å². The van der Waals surface area contributed by atoms with Gasteiger partial charge in [0.05, 0.1) is 0 Å². The maximum Gasteiger partial charge on any atom is 0.0466 e. The molecule has 0 fully saturated rings. The van der Waals surface area contributed by atoms with Crippen molar-refractivity contribution >= 4 is 0 Å². The van der Waals surface area contributed by atoms with Crippen molar-refractivity contribution in [3.8, 4) is 0 Å². The van der Waals surface area contributed by atoms with E-state index in [-0.39, 0.29) is 0 Å². The molecule has 0 spiro atoms. The molecule has 15 heavy (non-hydrogen) atoms. The summed E-state index contributed by atoms with van der Waals surface area (Å²) >= 11 is 0. The fourth-order valence-electron chi connectivity index (χ4n) is 1.94. The number of hydrogen-bond donors (Lipinski definition) is 1. The van der Waals surface area contributed by atoms with E-state index < -0.39 is 0 Å². The molecule has 0 aromatic carbocycles. The Hall–Kier alpha value is -0.0800. The summed E-state index contributed by atoms with van der Waals surface area (Å²) in [7, 11) is 0. The molecular formula is C13H29NO. The van der Waals surface area contributed by atoms with Crippen LogP contribution in [-0.2, 0) is 4.74 Å². The number of rotatable bonds is 10. The van der Waals surface area contributed by atoms with E-state index in [4.69, 9.17) is 4.74 Å².